The Morgan fingerprint density at radius 3 is 2.81 bits per heavy atom. The number of rotatable bonds is 4. The van der Waals surface area contributed by atoms with Crippen LogP contribution in [0.2, 0.25) is 0 Å². The van der Waals surface area contributed by atoms with E-state index in [1.165, 1.54) is 0 Å². The zero-order valence-corrected chi connectivity index (χ0v) is 13.0. The molecule has 5 nitrogen and oxygen atoms in total. The van der Waals surface area contributed by atoms with Crippen molar-refractivity contribution in [2.75, 3.05) is 32.8 Å². The molecule has 3 aliphatic heterocycles. The molecule has 0 aromatic heterocycles. The summed E-state index contributed by atoms with van der Waals surface area (Å²) in [5, 5.41) is 0. The number of amides is 2. The fourth-order valence-corrected chi connectivity index (χ4v) is 3.72. The average Bonchev–Trinajstić information content (AvgIpc) is 2.83. The van der Waals surface area contributed by atoms with E-state index in [0.29, 0.717) is 24.7 Å². The third-order valence-corrected chi connectivity index (χ3v) is 5.06. The molecule has 3 heterocycles. The summed E-state index contributed by atoms with van der Waals surface area (Å²) in [5.41, 5.74) is -0.0745. The molecule has 21 heavy (non-hydrogen) atoms. The van der Waals surface area contributed by atoms with Crippen LogP contribution in [0.15, 0.2) is 0 Å². The van der Waals surface area contributed by atoms with Crippen LogP contribution in [0, 0.1) is 5.92 Å². The maximum Gasteiger partial charge on any atom is 0.222 e. The summed E-state index contributed by atoms with van der Waals surface area (Å²) in [6.45, 7) is 6.07. The van der Waals surface area contributed by atoms with Crippen LogP contribution in [0.25, 0.3) is 0 Å². The number of nitrogens with zero attached hydrogens (tertiary/aromatic N) is 2. The minimum absolute atomic E-state index is 0.0745. The second-order valence-corrected chi connectivity index (χ2v) is 6.84. The molecule has 1 spiro atoms. The van der Waals surface area contributed by atoms with E-state index in [2.05, 4.69) is 0 Å². The van der Waals surface area contributed by atoms with Crippen molar-refractivity contribution in [1.29, 1.82) is 0 Å². The molecule has 0 saturated carbocycles. The van der Waals surface area contributed by atoms with Crippen LogP contribution < -0.4 is 0 Å². The molecule has 3 aliphatic rings. The minimum Gasteiger partial charge on any atom is -0.371 e. The van der Waals surface area contributed by atoms with Gasteiger partial charge < -0.3 is 14.5 Å². The Morgan fingerprint density at radius 2 is 2.24 bits per heavy atom. The van der Waals surface area contributed by atoms with E-state index < -0.39 is 0 Å². The molecule has 5 heteroatoms. The summed E-state index contributed by atoms with van der Waals surface area (Å²) in [4.78, 5) is 27.4. The molecule has 2 amide bonds. The first kappa shape index (κ1) is 14.8. The molecule has 0 unspecified atom stereocenters. The van der Waals surface area contributed by atoms with E-state index >= 15 is 0 Å². The van der Waals surface area contributed by atoms with Gasteiger partial charge in [0, 0.05) is 31.8 Å². The molecule has 118 valence electrons. The van der Waals surface area contributed by atoms with Crippen molar-refractivity contribution in [2.45, 2.75) is 51.0 Å². The average molecular weight is 294 g/mol. The fraction of sp³-hybridized carbons (Fsp3) is 0.875. The molecule has 0 aromatic rings. The van der Waals surface area contributed by atoms with E-state index in [9.17, 15) is 9.59 Å². The highest BCUT2D eigenvalue weighted by Crippen LogP contribution is 2.36. The molecule has 0 aliphatic carbocycles. The maximum absolute atomic E-state index is 11.8. The highest BCUT2D eigenvalue weighted by molar-refractivity contribution is 5.78. The SMILES string of the molecule is CCCC(=O)N1CC2(CC[C@@H](CN3CCCC3=O)CO2)C1. The van der Waals surface area contributed by atoms with Gasteiger partial charge in [-0.1, -0.05) is 6.92 Å². The minimum atomic E-state index is -0.0745. The van der Waals surface area contributed by atoms with E-state index in [1.807, 2.05) is 16.7 Å². The summed E-state index contributed by atoms with van der Waals surface area (Å²) in [5.74, 6) is 1.03. The van der Waals surface area contributed by atoms with E-state index in [4.69, 9.17) is 4.74 Å². The van der Waals surface area contributed by atoms with Gasteiger partial charge in [0.15, 0.2) is 0 Å². The van der Waals surface area contributed by atoms with Crippen LogP contribution in [-0.2, 0) is 14.3 Å². The first-order valence-electron chi connectivity index (χ1n) is 8.31. The molecular weight excluding hydrogens is 268 g/mol. The van der Waals surface area contributed by atoms with Gasteiger partial charge in [-0.2, -0.15) is 0 Å². The normalized spacial score (nSPS) is 28.0. The third kappa shape index (κ3) is 3.07. The summed E-state index contributed by atoms with van der Waals surface area (Å²) in [6, 6.07) is 0. The van der Waals surface area contributed by atoms with Crippen molar-refractivity contribution < 1.29 is 14.3 Å². The van der Waals surface area contributed by atoms with Gasteiger partial charge in [-0.15, -0.1) is 0 Å². The lowest BCUT2D eigenvalue weighted by Crippen LogP contribution is -2.66. The number of carbonyl (C=O) groups excluding carboxylic acids is 2. The van der Waals surface area contributed by atoms with Crippen LogP contribution >= 0.6 is 0 Å². The predicted octanol–water partition coefficient (Wildman–Crippen LogP) is 1.42. The monoisotopic (exact) mass is 294 g/mol. The largest absolute Gasteiger partial charge is 0.371 e. The highest BCUT2D eigenvalue weighted by Gasteiger charge is 2.48. The quantitative estimate of drug-likeness (QED) is 0.788. The number of carbonyl (C=O) groups is 2. The molecule has 0 N–H and O–H groups in total. The predicted molar refractivity (Wildman–Crippen MR) is 78.7 cm³/mol. The van der Waals surface area contributed by atoms with Gasteiger partial charge in [-0.3, -0.25) is 9.59 Å². The summed E-state index contributed by atoms with van der Waals surface area (Å²) < 4.78 is 6.09. The Hall–Kier alpha value is -1.10. The van der Waals surface area contributed by atoms with Crippen molar-refractivity contribution >= 4 is 11.8 Å². The van der Waals surface area contributed by atoms with Gasteiger partial charge in [0.25, 0.3) is 0 Å². The molecule has 3 fully saturated rings. The Labute approximate surface area is 126 Å². The van der Waals surface area contributed by atoms with Crippen LogP contribution in [-0.4, -0.2) is 60.0 Å². The highest BCUT2D eigenvalue weighted by atomic mass is 16.5. The van der Waals surface area contributed by atoms with Crippen molar-refractivity contribution in [3.8, 4) is 0 Å². The Bertz CT molecular complexity index is 408. The standard InChI is InChI=1S/C16H26N2O3/c1-2-4-14(19)18-11-16(12-18)7-6-13(10-21-16)9-17-8-3-5-15(17)20/h13H,2-12H2,1H3/t13-/m0/s1. The summed E-state index contributed by atoms with van der Waals surface area (Å²) in [7, 11) is 0. The van der Waals surface area contributed by atoms with Crippen LogP contribution in [0.5, 0.6) is 0 Å². The van der Waals surface area contributed by atoms with Gasteiger partial charge in [-0.05, 0) is 25.7 Å². The summed E-state index contributed by atoms with van der Waals surface area (Å²) >= 11 is 0. The van der Waals surface area contributed by atoms with E-state index in [1.54, 1.807) is 0 Å². The molecule has 3 saturated heterocycles. The van der Waals surface area contributed by atoms with Crippen LogP contribution in [0.4, 0.5) is 0 Å². The number of hydrogen-bond donors (Lipinski definition) is 0. The van der Waals surface area contributed by atoms with Gasteiger partial charge in [-0.25, -0.2) is 0 Å². The lowest BCUT2D eigenvalue weighted by atomic mass is 9.82. The molecular formula is C16H26N2O3. The lowest BCUT2D eigenvalue weighted by molar-refractivity contribution is -0.189. The lowest BCUT2D eigenvalue weighted by Gasteiger charge is -2.53. The Morgan fingerprint density at radius 1 is 1.43 bits per heavy atom. The topological polar surface area (TPSA) is 49.9 Å². The van der Waals surface area contributed by atoms with Crippen molar-refractivity contribution in [3.05, 3.63) is 0 Å². The first-order valence-corrected chi connectivity index (χ1v) is 8.31. The number of hydrogen-bond acceptors (Lipinski definition) is 3. The Balaban J connectivity index is 1.42. The summed E-state index contributed by atoms with van der Waals surface area (Å²) in [6.07, 6.45) is 5.41. The molecule has 3 rings (SSSR count). The van der Waals surface area contributed by atoms with Crippen LogP contribution in [0.3, 0.4) is 0 Å². The molecule has 0 bridgehead atoms. The van der Waals surface area contributed by atoms with Crippen LogP contribution in [0.1, 0.15) is 45.4 Å². The third-order valence-electron chi connectivity index (χ3n) is 5.06. The van der Waals surface area contributed by atoms with E-state index in [0.717, 1.165) is 58.5 Å². The van der Waals surface area contributed by atoms with Gasteiger partial charge >= 0.3 is 0 Å². The zero-order chi connectivity index (χ0) is 14.9. The smallest absolute Gasteiger partial charge is 0.222 e. The second-order valence-electron chi connectivity index (χ2n) is 6.84. The van der Waals surface area contributed by atoms with Crippen molar-refractivity contribution in [2.24, 2.45) is 5.92 Å². The van der Waals surface area contributed by atoms with Gasteiger partial charge in [0.2, 0.25) is 11.8 Å². The van der Waals surface area contributed by atoms with Gasteiger partial charge in [0.05, 0.1) is 19.7 Å². The Kier molecular flexibility index (Phi) is 4.20. The molecule has 0 aromatic carbocycles. The zero-order valence-electron chi connectivity index (χ0n) is 13.0. The maximum atomic E-state index is 11.8. The van der Waals surface area contributed by atoms with E-state index in [-0.39, 0.29) is 11.5 Å². The second kappa shape index (κ2) is 5.95. The first-order chi connectivity index (χ1) is 10.1. The fourth-order valence-electron chi connectivity index (χ4n) is 3.72. The number of ether oxygens (including phenoxy) is 1. The van der Waals surface area contributed by atoms with Crippen molar-refractivity contribution in [1.82, 2.24) is 9.80 Å². The molecule has 1 atom stereocenters. The number of likely N-dealkylation sites (tertiary alicyclic amines) is 2. The molecule has 0 radical (unpaired) electrons. The van der Waals surface area contributed by atoms with Gasteiger partial charge in [0.1, 0.15) is 5.60 Å². The van der Waals surface area contributed by atoms with Crippen molar-refractivity contribution in [3.63, 3.8) is 0 Å².